The fourth-order valence-corrected chi connectivity index (χ4v) is 2.05. The highest BCUT2D eigenvalue weighted by Gasteiger charge is 2.16. The van der Waals surface area contributed by atoms with Gasteiger partial charge in [-0.25, -0.2) is 14.4 Å². The summed E-state index contributed by atoms with van der Waals surface area (Å²) in [6.07, 6.45) is 0. The van der Waals surface area contributed by atoms with E-state index >= 15 is 0 Å². The van der Waals surface area contributed by atoms with Gasteiger partial charge in [-0.15, -0.1) is 0 Å². The van der Waals surface area contributed by atoms with E-state index in [1.807, 2.05) is 33.8 Å². The van der Waals surface area contributed by atoms with Gasteiger partial charge < -0.3 is 5.32 Å². The summed E-state index contributed by atoms with van der Waals surface area (Å²) in [5, 5.41) is 3.23. The van der Waals surface area contributed by atoms with Crippen molar-refractivity contribution in [3.63, 3.8) is 0 Å². The van der Waals surface area contributed by atoms with Crippen molar-refractivity contribution >= 4 is 5.82 Å². The molecule has 0 fully saturated rings. The van der Waals surface area contributed by atoms with Crippen LogP contribution in [0.1, 0.15) is 38.1 Å². The van der Waals surface area contributed by atoms with E-state index in [4.69, 9.17) is 0 Å². The van der Waals surface area contributed by atoms with Gasteiger partial charge in [-0.2, -0.15) is 0 Å². The van der Waals surface area contributed by atoms with Crippen molar-refractivity contribution in [2.75, 3.05) is 11.9 Å². The Morgan fingerprint density at radius 3 is 2.50 bits per heavy atom. The predicted molar refractivity (Wildman–Crippen MR) is 80.4 cm³/mol. The van der Waals surface area contributed by atoms with Crippen LogP contribution in [0.2, 0.25) is 0 Å². The highest BCUT2D eigenvalue weighted by molar-refractivity contribution is 5.68. The van der Waals surface area contributed by atoms with Crippen LogP contribution in [0.5, 0.6) is 0 Å². The van der Waals surface area contributed by atoms with Crippen molar-refractivity contribution in [2.45, 2.75) is 33.6 Å². The summed E-state index contributed by atoms with van der Waals surface area (Å²) >= 11 is 0. The van der Waals surface area contributed by atoms with Gasteiger partial charge in [0.05, 0.1) is 5.69 Å². The molecule has 1 aromatic carbocycles. The van der Waals surface area contributed by atoms with Gasteiger partial charge in [0.1, 0.15) is 17.5 Å². The third kappa shape index (κ3) is 2.79. The minimum absolute atomic E-state index is 0.193. The minimum Gasteiger partial charge on any atom is -0.370 e. The van der Waals surface area contributed by atoms with Crippen molar-refractivity contribution < 1.29 is 4.39 Å². The Hall–Kier alpha value is -1.97. The summed E-state index contributed by atoms with van der Waals surface area (Å²) in [6, 6.07) is 6.72. The largest absolute Gasteiger partial charge is 0.370 e. The van der Waals surface area contributed by atoms with Crippen LogP contribution < -0.4 is 5.32 Å². The van der Waals surface area contributed by atoms with E-state index in [-0.39, 0.29) is 11.7 Å². The van der Waals surface area contributed by atoms with Crippen molar-refractivity contribution in [2.24, 2.45) is 0 Å². The second-order valence-corrected chi connectivity index (χ2v) is 5.07. The first kappa shape index (κ1) is 14.4. The molecule has 20 heavy (non-hydrogen) atoms. The van der Waals surface area contributed by atoms with E-state index in [2.05, 4.69) is 15.3 Å². The highest BCUT2D eigenvalue weighted by Crippen LogP contribution is 2.29. The number of hydrogen-bond donors (Lipinski definition) is 1. The molecule has 0 radical (unpaired) electrons. The van der Waals surface area contributed by atoms with Crippen LogP contribution >= 0.6 is 0 Å². The third-order valence-electron chi connectivity index (χ3n) is 3.15. The molecule has 0 atom stereocenters. The Labute approximate surface area is 119 Å². The van der Waals surface area contributed by atoms with Crippen molar-refractivity contribution in [1.82, 2.24) is 9.97 Å². The van der Waals surface area contributed by atoms with Crippen LogP contribution in [-0.4, -0.2) is 16.5 Å². The molecule has 4 heteroatoms. The normalized spacial score (nSPS) is 10.9. The zero-order valence-corrected chi connectivity index (χ0v) is 12.4. The molecule has 0 aliphatic carbocycles. The molecule has 0 bridgehead atoms. The first-order valence-electron chi connectivity index (χ1n) is 6.91. The zero-order valence-electron chi connectivity index (χ0n) is 12.4. The number of aromatic nitrogens is 2. The number of halogens is 1. The van der Waals surface area contributed by atoms with Gasteiger partial charge in [0, 0.05) is 23.6 Å². The minimum atomic E-state index is -0.258. The first-order chi connectivity index (χ1) is 9.54. The molecule has 0 spiro atoms. The maximum Gasteiger partial charge on any atom is 0.133 e. The Morgan fingerprint density at radius 2 is 1.90 bits per heavy atom. The molecule has 2 rings (SSSR count). The molecule has 0 saturated carbocycles. The SMILES string of the molecule is CCNc1nc(C(C)C)nc(-c2ccccc2F)c1C. The first-order valence-corrected chi connectivity index (χ1v) is 6.91. The molecule has 0 saturated heterocycles. The topological polar surface area (TPSA) is 37.8 Å². The van der Waals surface area contributed by atoms with Crippen LogP contribution in [0.15, 0.2) is 24.3 Å². The Morgan fingerprint density at radius 1 is 1.20 bits per heavy atom. The Bertz CT molecular complexity index is 609. The van der Waals surface area contributed by atoms with E-state index in [1.165, 1.54) is 6.07 Å². The van der Waals surface area contributed by atoms with Crippen LogP contribution in [0, 0.1) is 12.7 Å². The van der Waals surface area contributed by atoms with Gasteiger partial charge in [-0.3, -0.25) is 0 Å². The molecule has 0 aliphatic rings. The number of benzene rings is 1. The standard InChI is InChI=1S/C16H20FN3/c1-5-18-16-11(4)14(19-15(20-16)10(2)3)12-8-6-7-9-13(12)17/h6-10H,5H2,1-4H3,(H,18,19,20). The van der Waals surface area contributed by atoms with E-state index in [9.17, 15) is 4.39 Å². The molecular formula is C16H20FN3. The van der Waals surface area contributed by atoms with Crippen molar-refractivity contribution in [3.05, 3.63) is 41.5 Å². The summed E-state index contributed by atoms with van der Waals surface area (Å²) < 4.78 is 14.0. The highest BCUT2D eigenvalue weighted by atomic mass is 19.1. The van der Waals surface area contributed by atoms with Gasteiger partial charge >= 0.3 is 0 Å². The molecule has 106 valence electrons. The number of nitrogens with one attached hydrogen (secondary N) is 1. The van der Waals surface area contributed by atoms with E-state index in [0.717, 1.165) is 23.8 Å². The average molecular weight is 273 g/mol. The lowest BCUT2D eigenvalue weighted by Crippen LogP contribution is -2.09. The molecule has 1 aromatic heterocycles. The summed E-state index contributed by atoms with van der Waals surface area (Å²) in [4.78, 5) is 9.09. The molecule has 1 heterocycles. The van der Waals surface area contributed by atoms with E-state index < -0.39 is 0 Å². The van der Waals surface area contributed by atoms with E-state index in [1.54, 1.807) is 12.1 Å². The monoisotopic (exact) mass is 273 g/mol. The Kier molecular flexibility index (Phi) is 4.32. The van der Waals surface area contributed by atoms with Gasteiger partial charge in [-0.1, -0.05) is 26.0 Å². The summed E-state index contributed by atoms with van der Waals surface area (Å²) in [6.45, 7) is 8.77. The van der Waals surface area contributed by atoms with Crippen LogP contribution in [0.3, 0.4) is 0 Å². The molecular weight excluding hydrogens is 253 g/mol. The number of rotatable bonds is 4. The van der Waals surface area contributed by atoms with Crippen LogP contribution in [0.4, 0.5) is 10.2 Å². The van der Waals surface area contributed by atoms with Gasteiger partial charge in [0.2, 0.25) is 0 Å². The second-order valence-electron chi connectivity index (χ2n) is 5.07. The zero-order chi connectivity index (χ0) is 14.7. The molecule has 1 N–H and O–H groups in total. The lowest BCUT2D eigenvalue weighted by Gasteiger charge is -2.15. The summed E-state index contributed by atoms with van der Waals surface area (Å²) in [5.41, 5.74) is 2.06. The fraction of sp³-hybridized carbons (Fsp3) is 0.375. The van der Waals surface area contributed by atoms with Gasteiger partial charge in [-0.05, 0) is 26.0 Å². The average Bonchev–Trinajstić information content (AvgIpc) is 2.42. The maximum atomic E-state index is 14.0. The lowest BCUT2D eigenvalue weighted by molar-refractivity contribution is 0.630. The molecule has 0 amide bonds. The quantitative estimate of drug-likeness (QED) is 0.909. The molecule has 2 aromatic rings. The van der Waals surface area contributed by atoms with Crippen LogP contribution in [-0.2, 0) is 0 Å². The smallest absolute Gasteiger partial charge is 0.133 e. The molecule has 0 aliphatic heterocycles. The number of anilines is 1. The second kappa shape index (κ2) is 5.99. The Balaban J connectivity index is 2.65. The van der Waals surface area contributed by atoms with E-state index in [0.29, 0.717) is 11.3 Å². The predicted octanol–water partition coefficient (Wildman–Crippen LogP) is 4.15. The number of nitrogens with zero attached hydrogens (tertiary/aromatic N) is 2. The molecule has 0 unspecified atom stereocenters. The van der Waals surface area contributed by atoms with Crippen molar-refractivity contribution in [3.8, 4) is 11.3 Å². The summed E-state index contributed by atoms with van der Waals surface area (Å²) in [5.74, 6) is 1.44. The maximum absolute atomic E-state index is 14.0. The van der Waals surface area contributed by atoms with Gasteiger partial charge in [0.15, 0.2) is 0 Å². The van der Waals surface area contributed by atoms with Crippen LogP contribution in [0.25, 0.3) is 11.3 Å². The fourth-order valence-electron chi connectivity index (χ4n) is 2.05. The lowest BCUT2D eigenvalue weighted by atomic mass is 10.1. The van der Waals surface area contributed by atoms with Crippen molar-refractivity contribution in [1.29, 1.82) is 0 Å². The summed E-state index contributed by atoms with van der Waals surface area (Å²) in [7, 11) is 0. The van der Waals surface area contributed by atoms with Gasteiger partial charge in [0.25, 0.3) is 0 Å². The third-order valence-corrected chi connectivity index (χ3v) is 3.15. The molecule has 3 nitrogen and oxygen atoms in total. The number of hydrogen-bond acceptors (Lipinski definition) is 3.